The van der Waals surface area contributed by atoms with E-state index in [-0.39, 0.29) is 10.8 Å². The highest BCUT2D eigenvalue weighted by molar-refractivity contribution is 8.18. The van der Waals surface area contributed by atoms with E-state index < -0.39 is 11.1 Å². The minimum atomic E-state index is -0.437. The van der Waals surface area contributed by atoms with Crippen LogP contribution in [0.15, 0.2) is 57.2 Å². The third kappa shape index (κ3) is 3.90. The topological polar surface area (TPSA) is 110 Å². The average molecular weight is 478 g/mol. The first kappa shape index (κ1) is 21.0. The molecule has 0 spiro atoms. The van der Waals surface area contributed by atoms with Crippen LogP contribution in [0.3, 0.4) is 0 Å². The summed E-state index contributed by atoms with van der Waals surface area (Å²) < 4.78 is 6.49. The van der Waals surface area contributed by atoms with Gasteiger partial charge in [-0.2, -0.15) is 0 Å². The smallest absolute Gasteiger partial charge is 0.315 e. The Hall–Kier alpha value is -3.89. The summed E-state index contributed by atoms with van der Waals surface area (Å²) in [7, 11) is 1.58. The number of aromatic hydroxyl groups is 1. The molecule has 10 heteroatoms. The zero-order valence-electron chi connectivity index (χ0n) is 17.1. The molecule has 5 rings (SSSR count). The fraction of sp³-hybridized carbons (Fsp3) is 0.0435. The van der Waals surface area contributed by atoms with Crippen molar-refractivity contribution in [2.24, 2.45) is 4.99 Å². The SMILES string of the molecule is COc1ccc2c(c1)C(=Cc1sc(=O)n(-c3ccc(C=C4SC(=O)NC4=O)cc3)c1O)C=N2. The second-order valence-corrected chi connectivity index (χ2v) is 9.08. The molecule has 2 N–H and O–H groups in total. The number of carbonyl (C=O) groups excluding carboxylic acids is 2. The average Bonchev–Trinajstić information content (AvgIpc) is 3.44. The van der Waals surface area contributed by atoms with Gasteiger partial charge in [0.15, 0.2) is 0 Å². The van der Waals surface area contributed by atoms with Crippen molar-refractivity contribution in [3.63, 3.8) is 0 Å². The number of rotatable bonds is 4. The van der Waals surface area contributed by atoms with Crippen LogP contribution in [0.1, 0.15) is 16.0 Å². The van der Waals surface area contributed by atoms with Gasteiger partial charge in [-0.25, -0.2) is 4.57 Å². The van der Waals surface area contributed by atoms with Crippen molar-refractivity contribution in [1.82, 2.24) is 9.88 Å². The van der Waals surface area contributed by atoms with E-state index >= 15 is 0 Å². The molecule has 1 saturated heterocycles. The number of amides is 2. The lowest BCUT2D eigenvalue weighted by molar-refractivity contribution is -0.115. The molecule has 2 amide bonds. The molecule has 164 valence electrons. The number of thiazole rings is 1. The first-order valence-electron chi connectivity index (χ1n) is 9.67. The molecule has 1 fully saturated rings. The molecule has 8 nitrogen and oxygen atoms in total. The van der Waals surface area contributed by atoms with E-state index in [0.717, 1.165) is 39.9 Å². The fourth-order valence-corrected chi connectivity index (χ4v) is 4.97. The van der Waals surface area contributed by atoms with Crippen LogP contribution in [-0.4, -0.2) is 34.1 Å². The summed E-state index contributed by atoms with van der Waals surface area (Å²) in [6.07, 6.45) is 4.99. The van der Waals surface area contributed by atoms with E-state index in [4.69, 9.17) is 4.74 Å². The minimum Gasteiger partial charge on any atom is -0.497 e. The maximum absolute atomic E-state index is 12.7. The number of methoxy groups -OCH3 is 1. The van der Waals surface area contributed by atoms with Crippen LogP contribution in [0, 0.1) is 0 Å². The number of allylic oxidation sites excluding steroid dienone is 1. The Labute approximate surface area is 195 Å². The third-order valence-corrected chi connectivity index (χ3v) is 6.74. The second kappa shape index (κ2) is 8.23. The van der Waals surface area contributed by atoms with Gasteiger partial charge in [0.25, 0.3) is 11.1 Å². The zero-order valence-corrected chi connectivity index (χ0v) is 18.7. The highest BCUT2D eigenvalue weighted by Gasteiger charge is 2.25. The molecule has 0 unspecified atom stereocenters. The van der Waals surface area contributed by atoms with Gasteiger partial charge in [0.2, 0.25) is 5.88 Å². The first-order valence-corrected chi connectivity index (χ1v) is 11.3. The molecule has 3 aromatic rings. The fourth-order valence-electron chi connectivity index (χ4n) is 3.45. The number of imide groups is 1. The number of nitrogens with zero attached hydrogens (tertiary/aromatic N) is 2. The summed E-state index contributed by atoms with van der Waals surface area (Å²) in [5.41, 5.74) is 3.56. The molecule has 0 radical (unpaired) electrons. The summed E-state index contributed by atoms with van der Waals surface area (Å²) in [5, 5.41) is 12.6. The molecule has 2 aliphatic heterocycles. The number of hydrogen-bond acceptors (Lipinski definition) is 8. The number of fused-ring (bicyclic) bond motifs is 1. The van der Waals surface area contributed by atoms with Crippen LogP contribution in [0.4, 0.5) is 10.5 Å². The van der Waals surface area contributed by atoms with E-state index in [1.165, 1.54) is 4.57 Å². The molecule has 2 aliphatic rings. The molecular formula is C23H15N3O5S2. The van der Waals surface area contributed by atoms with Gasteiger partial charge >= 0.3 is 4.87 Å². The zero-order chi connectivity index (χ0) is 23.1. The lowest BCUT2D eigenvalue weighted by Gasteiger charge is -2.05. The van der Waals surface area contributed by atoms with Gasteiger partial charge in [0.1, 0.15) is 5.75 Å². The molecule has 0 bridgehead atoms. The van der Waals surface area contributed by atoms with E-state index in [2.05, 4.69) is 10.3 Å². The second-order valence-electron chi connectivity index (χ2n) is 7.08. The van der Waals surface area contributed by atoms with Crippen LogP contribution in [-0.2, 0) is 4.79 Å². The van der Waals surface area contributed by atoms with Crippen molar-refractivity contribution in [3.8, 4) is 17.3 Å². The van der Waals surface area contributed by atoms with Crippen LogP contribution in [0.2, 0.25) is 0 Å². The standard InChI is InChI=1S/C23H15N3O5S2/c1-31-15-6-7-17-16(10-15)13(11-24-17)9-19-21(28)26(23(30)33-19)14-4-2-12(3-5-14)8-18-20(27)25-22(29)32-18/h2-11,28H,1H3,(H,25,27,29). The highest BCUT2D eigenvalue weighted by atomic mass is 32.2. The van der Waals surface area contributed by atoms with Crippen LogP contribution >= 0.6 is 23.1 Å². The van der Waals surface area contributed by atoms with Crippen LogP contribution in [0.5, 0.6) is 11.6 Å². The summed E-state index contributed by atoms with van der Waals surface area (Å²) in [6, 6.07) is 12.2. The Morgan fingerprint density at radius 3 is 2.58 bits per heavy atom. The molecule has 3 heterocycles. The number of benzene rings is 2. The van der Waals surface area contributed by atoms with Crippen molar-refractivity contribution in [2.75, 3.05) is 7.11 Å². The number of hydrogen-bond donors (Lipinski definition) is 2. The lowest BCUT2D eigenvalue weighted by Crippen LogP contribution is -2.17. The molecule has 1 aromatic heterocycles. The van der Waals surface area contributed by atoms with E-state index in [1.54, 1.807) is 49.7 Å². The van der Waals surface area contributed by atoms with Gasteiger partial charge in [0.05, 0.1) is 28.3 Å². The maximum atomic E-state index is 12.7. The summed E-state index contributed by atoms with van der Waals surface area (Å²) >= 11 is 1.75. The van der Waals surface area contributed by atoms with Crippen molar-refractivity contribution >= 4 is 63.9 Å². The van der Waals surface area contributed by atoms with Crippen LogP contribution < -0.4 is 14.9 Å². The Balaban J connectivity index is 1.46. The lowest BCUT2D eigenvalue weighted by atomic mass is 10.1. The summed E-state index contributed by atoms with van der Waals surface area (Å²) in [6.45, 7) is 0. The van der Waals surface area contributed by atoms with Crippen molar-refractivity contribution in [2.45, 2.75) is 0 Å². The largest absolute Gasteiger partial charge is 0.497 e. The third-order valence-electron chi connectivity index (χ3n) is 5.05. The normalized spacial score (nSPS) is 17.1. The monoisotopic (exact) mass is 477 g/mol. The Morgan fingerprint density at radius 1 is 1.09 bits per heavy atom. The number of aliphatic imine (C=N–C) groups is 1. The maximum Gasteiger partial charge on any atom is 0.315 e. The van der Waals surface area contributed by atoms with Gasteiger partial charge in [-0.05, 0) is 59.8 Å². The number of nitrogens with one attached hydrogen (secondary N) is 1. The van der Waals surface area contributed by atoms with Crippen molar-refractivity contribution in [3.05, 3.63) is 73.0 Å². The number of thioether (sulfide) groups is 1. The van der Waals surface area contributed by atoms with Gasteiger partial charge in [-0.1, -0.05) is 23.5 Å². The highest BCUT2D eigenvalue weighted by Crippen LogP contribution is 2.37. The number of carbonyl (C=O) groups is 2. The molecule has 0 saturated carbocycles. The Bertz CT molecular complexity index is 1460. The van der Waals surface area contributed by atoms with Crippen LogP contribution in [0.25, 0.3) is 23.4 Å². The van der Waals surface area contributed by atoms with E-state index in [9.17, 15) is 19.5 Å². The van der Waals surface area contributed by atoms with Gasteiger partial charge in [-0.3, -0.25) is 24.7 Å². The number of aromatic nitrogens is 1. The molecular weight excluding hydrogens is 462 g/mol. The van der Waals surface area contributed by atoms with Gasteiger partial charge < -0.3 is 9.84 Å². The predicted octanol–water partition coefficient (Wildman–Crippen LogP) is 4.19. The molecule has 33 heavy (non-hydrogen) atoms. The van der Waals surface area contributed by atoms with Crippen molar-refractivity contribution < 1.29 is 19.4 Å². The minimum absolute atomic E-state index is 0.176. The summed E-state index contributed by atoms with van der Waals surface area (Å²) in [4.78, 5) is 40.4. The first-order chi connectivity index (χ1) is 15.9. The number of ether oxygens (including phenoxy) is 1. The quantitative estimate of drug-likeness (QED) is 0.545. The van der Waals surface area contributed by atoms with E-state index in [0.29, 0.717) is 26.8 Å². The van der Waals surface area contributed by atoms with Crippen molar-refractivity contribution in [1.29, 1.82) is 0 Å². The molecule has 2 aromatic carbocycles. The van der Waals surface area contributed by atoms with E-state index in [1.807, 2.05) is 18.2 Å². The Morgan fingerprint density at radius 2 is 1.88 bits per heavy atom. The van der Waals surface area contributed by atoms with Gasteiger partial charge in [-0.15, -0.1) is 0 Å². The van der Waals surface area contributed by atoms with Gasteiger partial charge in [0, 0.05) is 17.4 Å². The summed E-state index contributed by atoms with van der Waals surface area (Å²) in [5.74, 6) is 0.0748. The molecule has 0 atom stereocenters. The Kier molecular flexibility index (Phi) is 5.23. The molecule has 0 aliphatic carbocycles. The predicted molar refractivity (Wildman–Crippen MR) is 130 cm³/mol.